The highest BCUT2D eigenvalue weighted by Gasteiger charge is 2.17. The molecule has 19 heavy (non-hydrogen) atoms. The molecule has 1 aromatic carbocycles. The monoisotopic (exact) mass is 315 g/mol. The highest BCUT2D eigenvalue weighted by molar-refractivity contribution is 7.17. The molecular formula is C12H11Cl2N3OS. The molecule has 0 saturated carbocycles. The molecule has 0 spiro atoms. The Bertz CT molecular complexity index is 655. The normalized spacial score (nSPS) is 10.5. The van der Waals surface area contributed by atoms with E-state index in [0.717, 1.165) is 16.9 Å². The van der Waals surface area contributed by atoms with Crippen LogP contribution in [0.5, 0.6) is 0 Å². The van der Waals surface area contributed by atoms with Crippen LogP contribution in [0.4, 0.5) is 10.8 Å². The zero-order valence-electron chi connectivity index (χ0n) is 10.3. The average Bonchev–Trinajstić information content (AvgIpc) is 2.69. The molecule has 0 aliphatic carbocycles. The summed E-state index contributed by atoms with van der Waals surface area (Å²) >= 11 is 13.3. The van der Waals surface area contributed by atoms with E-state index in [-0.39, 0.29) is 5.91 Å². The molecular weight excluding hydrogens is 305 g/mol. The molecule has 0 atom stereocenters. The van der Waals surface area contributed by atoms with Crippen LogP contribution in [0.3, 0.4) is 0 Å². The van der Waals surface area contributed by atoms with E-state index < -0.39 is 0 Å². The van der Waals surface area contributed by atoms with Gasteiger partial charge in [0.25, 0.3) is 5.91 Å². The lowest BCUT2D eigenvalue weighted by Gasteiger charge is -2.10. The molecule has 0 bridgehead atoms. The maximum Gasteiger partial charge on any atom is 0.267 e. The van der Waals surface area contributed by atoms with Crippen molar-refractivity contribution in [2.24, 2.45) is 0 Å². The summed E-state index contributed by atoms with van der Waals surface area (Å²) in [4.78, 5) is 16.6. The fourth-order valence-electron chi connectivity index (χ4n) is 1.57. The highest BCUT2D eigenvalue weighted by Crippen LogP contribution is 2.33. The van der Waals surface area contributed by atoms with Gasteiger partial charge in [-0.05, 0) is 25.5 Å². The van der Waals surface area contributed by atoms with Crippen molar-refractivity contribution in [1.29, 1.82) is 0 Å². The molecule has 3 N–H and O–H groups in total. The molecule has 1 heterocycles. The largest absolute Gasteiger partial charge is 0.375 e. The van der Waals surface area contributed by atoms with Gasteiger partial charge in [-0.1, -0.05) is 40.6 Å². The Morgan fingerprint density at radius 3 is 2.63 bits per heavy atom. The summed E-state index contributed by atoms with van der Waals surface area (Å²) in [6.07, 6.45) is 0. The number of hydrogen-bond acceptors (Lipinski definition) is 4. The number of carbonyl (C=O) groups is 1. The number of nitrogens with zero attached hydrogens (tertiary/aromatic N) is 1. The predicted octanol–water partition coefficient (Wildman–Crippen LogP) is 3.90. The Morgan fingerprint density at radius 2 is 2.05 bits per heavy atom. The molecule has 100 valence electrons. The number of benzene rings is 1. The van der Waals surface area contributed by atoms with Crippen molar-refractivity contribution >= 4 is 51.3 Å². The smallest absolute Gasteiger partial charge is 0.267 e. The standard InChI is InChI=1S/C12H11Cl2N3OS/c1-5-3-4-7(13)9(8(5)14)17-11(18)10-6(2)16-12(15)19-10/h3-4H,1-2H3,(H2,15,16)(H,17,18). The number of nitrogens with one attached hydrogen (secondary N) is 1. The van der Waals surface area contributed by atoms with Gasteiger partial charge in [0.15, 0.2) is 5.13 Å². The molecule has 0 radical (unpaired) electrons. The number of nitrogens with two attached hydrogens (primary N) is 1. The van der Waals surface area contributed by atoms with Crippen molar-refractivity contribution in [3.8, 4) is 0 Å². The van der Waals surface area contributed by atoms with Crippen molar-refractivity contribution in [1.82, 2.24) is 4.98 Å². The zero-order valence-corrected chi connectivity index (χ0v) is 12.6. The van der Waals surface area contributed by atoms with E-state index in [2.05, 4.69) is 10.3 Å². The van der Waals surface area contributed by atoms with Gasteiger partial charge in [-0.15, -0.1) is 0 Å². The van der Waals surface area contributed by atoms with Crippen molar-refractivity contribution in [2.45, 2.75) is 13.8 Å². The van der Waals surface area contributed by atoms with Crippen LogP contribution in [-0.4, -0.2) is 10.9 Å². The maximum atomic E-state index is 12.2. The summed E-state index contributed by atoms with van der Waals surface area (Å²) in [5, 5.41) is 3.87. The van der Waals surface area contributed by atoms with Crippen molar-refractivity contribution in [3.63, 3.8) is 0 Å². The topological polar surface area (TPSA) is 68.0 Å². The van der Waals surface area contributed by atoms with Gasteiger partial charge in [0.1, 0.15) is 4.88 Å². The Morgan fingerprint density at radius 1 is 1.37 bits per heavy atom. The fraction of sp³-hybridized carbons (Fsp3) is 0.167. The maximum absolute atomic E-state index is 12.2. The van der Waals surface area contributed by atoms with E-state index >= 15 is 0 Å². The van der Waals surface area contributed by atoms with Crippen LogP contribution >= 0.6 is 34.5 Å². The zero-order chi connectivity index (χ0) is 14.2. The first-order valence-electron chi connectivity index (χ1n) is 5.39. The summed E-state index contributed by atoms with van der Waals surface area (Å²) in [5.74, 6) is -0.318. The Hall–Kier alpha value is -1.30. The molecule has 2 rings (SSSR count). The summed E-state index contributed by atoms with van der Waals surface area (Å²) in [6, 6.07) is 3.47. The quantitative estimate of drug-likeness (QED) is 0.883. The number of amides is 1. The lowest BCUT2D eigenvalue weighted by molar-refractivity contribution is 0.103. The molecule has 2 aromatic rings. The molecule has 1 aromatic heterocycles. The summed E-state index contributed by atoms with van der Waals surface area (Å²) in [5.41, 5.74) is 7.39. The average molecular weight is 316 g/mol. The molecule has 0 saturated heterocycles. The molecule has 0 aliphatic rings. The molecule has 1 amide bonds. The minimum absolute atomic E-state index is 0.318. The van der Waals surface area contributed by atoms with Gasteiger partial charge in [0.2, 0.25) is 0 Å². The third kappa shape index (κ3) is 2.83. The first kappa shape index (κ1) is 14.1. The van der Waals surface area contributed by atoms with Crippen LogP contribution in [0.2, 0.25) is 10.0 Å². The Balaban J connectivity index is 2.34. The molecule has 0 aliphatic heterocycles. The van der Waals surface area contributed by atoms with Crippen molar-refractivity contribution in [2.75, 3.05) is 11.1 Å². The fourth-order valence-corrected chi connectivity index (χ4v) is 2.76. The van der Waals surface area contributed by atoms with Crippen molar-refractivity contribution < 1.29 is 4.79 Å². The molecule has 4 nitrogen and oxygen atoms in total. The number of thiazole rings is 1. The lowest BCUT2D eigenvalue weighted by Crippen LogP contribution is -2.12. The van der Waals surface area contributed by atoms with Crippen LogP contribution in [-0.2, 0) is 0 Å². The van der Waals surface area contributed by atoms with E-state index in [1.165, 1.54) is 0 Å². The molecule has 0 unspecified atom stereocenters. The second-order valence-corrected chi connectivity index (χ2v) is 5.79. The third-order valence-electron chi connectivity index (χ3n) is 2.54. The Kier molecular flexibility index (Phi) is 3.99. The van der Waals surface area contributed by atoms with Crippen LogP contribution in [0, 0.1) is 13.8 Å². The van der Waals surface area contributed by atoms with Crippen LogP contribution < -0.4 is 11.1 Å². The number of nitrogen functional groups attached to an aromatic ring is 1. The number of rotatable bonds is 2. The summed E-state index contributed by atoms with van der Waals surface area (Å²) in [7, 11) is 0. The minimum atomic E-state index is -0.318. The number of anilines is 2. The Labute approximate surface area is 124 Å². The van der Waals surface area contributed by atoms with Crippen LogP contribution in [0.25, 0.3) is 0 Å². The predicted molar refractivity (Wildman–Crippen MR) is 80.4 cm³/mol. The SMILES string of the molecule is Cc1ccc(Cl)c(NC(=O)c2sc(N)nc2C)c1Cl. The van der Waals surface area contributed by atoms with E-state index in [1.54, 1.807) is 19.1 Å². The number of halogens is 2. The second kappa shape index (κ2) is 5.36. The third-order valence-corrected chi connectivity index (χ3v) is 4.33. The van der Waals surface area contributed by atoms with Gasteiger partial charge in [0.05, 0.1) is 21.4 Å². The van der Waals surface area contributed by atoms with Gasteiger partial charge < -0.3 is 11.1 Å². The van der Waals surface area contributed by atoms with E-state index in [9.17, 15) is 4.79 Å². The first-order valence-corrected chi connectivity index (χ1v) is 6.96. The molecule has 7 heteroatoms. The van der Waals surface area contributed by atoms with Gasteiger partial charge >= 0.3 is 0 Å². The summed E-state index contributed by atoms with van der Waals surface area (Å²) in [6.45, 7) is 3.56. The highest BCUT2D eigenvalue weighted by atomic mass is 35.5. The van der Waals surface area contributed by atoms with Crippen molar-refractivity contribution in [3.05, 3.63) is 38.3 Å². The number of aromatic nitrogens is 1. The van der Waals surface area contributed by atoms with Crippen LogP contribution in [0.1, 0.15) is 20.9 Å². The van der Waals surface area contributed by atoms with Gasteiger partial charge in [-0.2, -0.15) is 0 Å². The van der Waals surface area contributed by atoms with Gasteiger partial charge in [-0.3, -0.25) is 4.79 Å². The lowest BCUT2D eigenvalue weighted by atomic mass is 10.2. The number of hydrogen-bond donors (Lipinski definition) is 2. The van der Waals surface area contributed by atoms with Gasteiger partial charge in [-0.25, -0.2) is 4.98 Å². The molecule has 0 fully saturated rings. The van der Waals surface area contributed by atoms with E-state index in [0.29, 0.717) is 31.4 Å². The van der Waals surface area contributed by atoms with Gasteiger partial charge in [0, 0.05) is 0 Å². The van der Waals surface area contributed by atoms with Crippen LogP contribution in [0.15, 0.2) is 12.1 Å². The van der Waals surface area contributed by atoms with E-state index in [1.807, 2.05) is 6.92 Å². The first-order chi connectivity index (χ1) is 8.90. The number of carbonyl (C=O) groups excluding carboxylic acids is 1. The second-order valence-electron chi connectivity index (χ2n) is 3.97. The number of aryl methyl sites for hydroxylation is 2. The summed E-state index contributed by atoms with van der Waals surface area (Å²) < 4.78 is 0. The minimum Gasteiger partial charge on any atom is -0.375 e. The van der Waals surface area contributed by atoms with E-state index in [4.69, 9.17) is 28.9 Å².